The van der Waals surface area contributed by atoms with Crippen LogP contribution in [-0.4, -0.2) is 39.3 Å². The van der Waals surface area contributed by atoms with Crippen molar-refractivity contribution < 1.29 is 4.79 Å². The Morgan fingerprint density at radius 3 is 2.68 bits per heavy atom. The molecule has 0 atom stereocenters. The number of unbranched alkanes of at least 4 members (excludes halogenated alkanes) is 1. The lowest BCUT2D eigenvalue weighted by Crippen LogP contribution is -2.32. The monoisotopic (exact) mass is 260 g/mol. The largest absolute Gasteiger partial charge is 0.339 e. The van der Waals surface area contributed by atoms with Crippen LogP contribution in [0.25, 0.3) is 11.0 Å². The molecule has 1 amide bonds. The molecule has 102 valence electrons. The number of aromatic nitrogens is 3. The second-order valence-corrected chi connectivity index (χ2v) is 4.67. The van der Waals surface area contributed by atoms with Crippen LogP contribution in [0.5, 0.6) is 0 Å². The number of carbonyl (C=O) groups excluding carboxylic acids is 1. The van der Waals surface area contributed by atoms with E-state index < -0.39 is 0 Å². The predicted molar refractivity (Wildman–Crippen MR) is 75.0 cm³/mol. The molecule has 5 nitrogen and oxygen atoms in total. The summed E-state index contributed by atoms with van der Waals surface area (Å²) >= 11 is 0. The highest BCUT2D eigenvalue weighted by molar-refractivity contribution is 5.97. The van der Waals surface area contributed by atoms with Crippen LogP contribution in [0.2, 0.25) is 0 Å². The molecular weight excluding hydrogens is 240 g/mol. The van der Waals surface area contributed by atoms with Gasteiger partial charge in [-0.2, -0.15) is 15.4 Å². The first-order valence-corrected chi connectivity index (χ1v) is 6.86. The van der Waals surface area contributed by atoms with E-state index in [2.05, 4.69) is 29.3 Å². The second kappa shape index (κ2) is 6.31. The van der Waals surface area contributed by atoms with E-state index in [1.165, 1.54) is 0 Å². The lowest BCUT2D eigenvalue weighted by molar-refractivity contribution is 0.0753. The molecule has 0 aliphatic heterocycles. The van der Waals surface area contributed by atoms with Crippen molar-refractivity contribution >= 4 is 16.9 Å². The first-order chi connectivity index (χ1) is 9.26. The Bertz CT molecular complexity index is 549. The van der Waals surface area contributed by atoms with Crippen molar-refractivity contribution in [2.24, 2.45) is 0 Å². The lowest BCUT2D eigenvalue weighted by atomic mass is 10.1. The van der Waals surface area contributed by atoms with Crippen molar-refractivity contribution in [1.82, 2.24) is 20.3 Å². The van der Waals surface area contributed by atoms with Crippen LogP contribution in [0.3, 0.4) is 0 Å². The molecule has 1 aromatic heterocycles. The number of amides is 1. The van der Waals surface area contributed by atoms with Crippen LogP contribution in [-0.2, 0) is 0 Å². The minimum absolute atomic E-state index is 0.0835. The number of fused-ring (bicyclic) bond motifs is 1. The number of H-pyrrole nitrogens is 1. The van der Waals surface area contributed by atoms with Gasteiger partial charge in [0, 0.05) is 18.7 Å². The summed E-state index contributed by atoms with van der Waals surface area (Å²) in [7, 11) is 0. The van der Waals surface area contributed by atoms with Gasteiger partial charge in [-0.15, -0.1) is 0 Å². The van der Waals surface area contributed by atoms with E-state index in [1.807, 2.05) is 17.0 Å². The predicted octanol–water partition coefficient (Wildman–Crippen LogP) is 2.61. The topological polar surface area (TPSA) is 61.9 Å². The molecule has 0 radical (unpaired) electrons. The minimum atomic E-state index is 0.0835. The Kier molecular flexibility index (Phi) is 4.49. The SMILES string of the molecule is CCCCN(CCC)C(=O)c1ccc2n[nH]nc2c1. The maximum atomic E-state index is 12.5. The van der Waals surface area contributed by atoms with Crippen molar-refractivity contribution in [3.63, 3.8) is 0 Å². The summed E-state index contributed by atoms with van der Waals surface area (Å²) in [6.07, 6.45) is 3.11. The molecule has 0 spiro atoms. The van der Waals surface area contributed by atoms with Gasteiger partial charge in [-0.25, -0.2) is 0 Å². The average molecular weight is 260 g/mol. The zero-order valence-corrected chi connectivity index (χ0v) is 11.5. The van der Waals surface area contributed by atoms with Crippen LogP contribution in [0, 0.1) is 0 Å². The number of hydrogen-bond donors (Lipinski definition) is 1. The van der Waals surface area contributed by atoms with Crippen LogP contribution in [0.4, 0.5) is 0 Å². The molecule has 2 rings (SSSR count). The second-order valence-electron chi connectivity index (χ2n) is 4.67. The molecule has 0 bridgehead atoms. The third kappa shape index (κ3) is 3.10. The summed E-state index contributed by atoms with van der Waals surface area (Å²) in [4.78, 5) is 14.4. The maximum Gasteiger partial charge on any atom is 0.253 e. The van der Waals surface area contributed by atoms with Crippen molar-refractivity contribution in [3.8, 4) is 0 Å². The summed E-state index contributed by atoms with van der Waals surface area (Å²) < 4.78 is 0. The molecule has 2 aromatic rings. The van der Waals surface area contributed by atoms with E-state index in [1.54, 1.807) is 6.07 Å². The van der Waals surface area contributed by atoms with Gasteiger partial charge in [0.15, 0.2) is 0 Å². The summed E-state index contributed by atoms with van der Waals surface area (Å²) in [5, 5.41) is 10.6. The number of hydrogen-bond acceptors (Lipinski definition) is 3. The van der Waals surface area contributed by atoms with E-state index in [4.69, 9.17) is 0 Å². The van der Waals surface area contributed by atoms with Crippen LogP contribution in [0.1, 0.15) is 43.5 Å². The van der Waals surface area contributed by atoms with E-state index in [9.17, 15) is 4.79 Å². The van der Waals surface area contributed by atoms with Gasteiger partial charge < -0.3 is 4.90 Å². The average Bonchev–Trinajstić information content (AvgIpc) is 2.90. The summed E-state index contributed by atoms with van der Waals surface area (Å²) in [6.45, 7) is 5.85. The third-order valence-corrected chi connectivity index (χ3v) is 3.13. The Morgan fingerprint density at radius 2 is 1.95 bits per heavy atom. The number of nitrogens with zero attached hydrogens (tertiary/aromatic N) is 3. The number of carbonyl (C=O) groups is 1. The van der Waals surface area contributed by atoms with Crippen molar-refractivity contribution in [1.29, 1.82) is 0 Å². The molecule has 0 unspecified atom stereocenters. The Hall–Kier alpha value is -1.91. The van der Waals surface area contributed by atoms with Crippen molar-refractivity contribution in [3.05, 3.63) is 23.8 Å². The van der Waals surface area contributed by atoms with Gasteiger partial charge in [-0.1, -0.05) is 20.3 Å². The standard InChI is InChI=1S/C14H20N4O/c1-3-5-9-18(8-4-2)14(19)11-6-7-12-13(10-11)16-17-15-12/h6-7,10H,3-5,8-9H2,1-2H3,(H,15,16,17). The Morgan fingerprint density at radius 1 is 1.16 bits per heavy atom. The Labute approximate surface area is 113 Å². The van der Waals surface area contributed by atoms with Gasteiger partial charge in [0.1, 0.15) is 11.0 Å². The normalized spacial score (nSPS) is 10.8. The van der Waals surface area contributed by atoms with Gasteiger partial charge in [0.25, 0.3) is 5.91 Å². The van der Waals surface area contributed by atoms with Crippen LogP contribution < -0.4 is 0 Å². The summed E-state index contributed by atoms with van der Waals surface area (Å²) in [5.41, 5.74) is 2.20. The summed E-state index contributed by atoms with van der Waals surface area (Å²) in [6, 6.07) is 5.45. The van der Waals surface area contributed by atoms with Gasteiger partial charge in [0.05, 0.1) is 0 Å². The quantitative estimate of drug-likeness (QED) is 0.868. The molecule has 0 saturated carbocycles. The smallest absolute Gasteiger partial charge is 0.253 e. The van der Waals surface area contributed by atoms with Gasteiger partial charge in [-0.3, -0.25) is 4.79 Å². The van der Waals surface area contributed by atoms with Crippen LogP contribution >= 0.6 is 0 Å². The molecular formula is C14H20N4O. The zero-order chi connectivity index (χ0) is 13.7. The van der Waals surface area contributed by atoms with E-state index in [0.717, 1.165) is 43.4 Å². The molecule has 0 aliphatic carbocycles. The maximum absolute atomic E-state index is 12.5. The fourth-order valence-electron chi connectivity index (χ4n) is 2.09. The lowest BCUT2D eigenvalue weighted by Gasteiger charge is -2.21. The molecule has 1 heterocycles. The highest BCUT2D eigenvalue weighted by atomic mass is 16.2. The molecule has 0 aliphatic rings. The van der Waals surface area contributed by atoms with Gasteiger partial charge >= 0.3 is 0 Å². The van der Waals surface area contributed by atoms with Crippen molar-refractivity contribution in [2.45, 2.75) is 33.1 Å². The molecule has 5 heteroatoms. The molecule has 1 N–H and O–H groups in total. The molecule has 19 heavy (non-hydrogen) atoms. The van der Waals surface area contributed by atoms with Gasteiger partial charge in [-0.05, 0) is 31.0 Å². The minimum Gasteiger partial charge on any atom is -0.339 e. The van der Waals surface area contributed by atoms with Gasteiger partial charge in [0.2, 0.25) is 0 Å². The first kappa shape index (κ1) is 13.5. The van der Waals surface area contributed by atoms with E-state index in [-0.39, 0.29) is 5.91 Å². The van der Waals surface area contributed by atoms with E-state index >= 15 is 0 Å². The highest BCUT2D eigenvalue weighted by Crippen LogP contribution is 2.13. The van der Waals surface area contributed by atoms with Crippen molar-refractivity contribution in [2.75, 3.05) is 13.1 Å². The number of benzene rings is 1. The number of nitrogens with one attached hydrogen (secondary N) is 1. The molecule has 0 fully saturated rings. The fraction of sp³-hybridized carbons (Fsp3) is 0.500. The summed E-state index contributed by atoms with van der Waals surface area (Å²) in [5.74, 6) is 0.0835. The molecule has 1 aromatic carbocycles. The van der Waals surface area contributed by atoms with E-state index in [0.29, 0.717) is 5.56 Å². The third-order valence-electron chi connectivity index (χ3n) is 3.13. The number of aromatic amines is 1. The fourth-order valence-corrected chi connectivity index (χ4v) is 2.09. The zero-order valence-electron chi connectivity index (χ0n) is 11.5. The molecule has 0 saturated heterocycles. The Balaban J connectivity index is 2.19. The number of rotatable bonds is 6. The van der Waals surface area contributed by atoms with Crippen LogP contribution in [0.15, 0.2) is 18.2 Å². The first-order valence-electron chi connectivity index (χ1n) is 6.86. The highest BCUT2D eigenvalue weighted by Gasteiger charge is 2.15.